The van der Waals surface area contributed by atoms with Gasteiger partial charge in [0.15, 0.2) is 5.82 Å². The number of aryl methyl sites for hydroxylation is 2. The third kappa shape index (κ3) is 2.54. The lowest BCUT2D eigenvalue weighted by atomic mass is 10.1. The van der Waals surface area contributed by atoms with Crippen LogP contribution in [0.15, 0.2) is 18.2 Å². The quantitative estimate of drug-likeness (QED) is 0.864. The lowest BCUT2D eigenvalue weighted by molar-refractivity contribution is 0.312. The van der Waals surface area contributed by atoms with Crippen LogP contribution in [0.2, 0.25) is 5.28 Å². The van der Waals surface area contributed by atoms with E-state index in [1.165, 1.54) is 17.5 Å². The predicted molar refractivity (Wildman–Crippen MR) is 73.5 cm³/mol. The SMILES string of the molecule is CCOc1nc(Cl)nc(-c2ccc3c(c2)CCC3)n1. The molecule has 0 amide bonds. The smallest absolute Gasteiger partial charge is 0.321 e. The van der Waals surface area contributed by atoms with Crippen molar-refractivity contribution in [3.8, 4) is 17.4 Å². The molecular weight excluding hydrogens is 262 g/mol. The van der Waals surface area contributed by atoms with Gasteiger partial charge in [0.2, 0.25) is 5.28 Å². The zero-order valence-corrected chi connectivity index (χ0v) is 11.4. The average Bonchev–Trinajstić information content (AvgIpc) is 2.85. The van der Waals surface area contributed by atoms with Crippen LogP contribution < -0.4 is 4.74 Å². The molecule has 1 aliphatic rings. The molecule has 3 rings (SSSR count). The highest BCUT2D eigenvalue weighted by Gasteiger charge is 2.14. The molecule has 1 heterocycles. The van der Waals surface area contributed by atoms with E-state index in [-0.39, 0.29) is 11.3 Å². The van der Waals surface area contributed by atoms with Gasteiger partial charge in [0, 0.05) is 5.56 Å². The summed E-state index contributed by atoms with van der Waals surface area (Å²) in [6.45, 7) is 2.39. The van der Waals surface area contributed by atoms with Crippen molar-refractivity contribution in [2.45, 2.75) is 26.2 Å². The van der Waals surface area contributed by atoms with Gasteiger partial charge in [0.05, 0.1) is 6.61 Å². The molecule has 0 radical (unpaired) electrons. The highest BCUT2D eigenvalue weighted by Crippen LogP contribution is 2.27. The molecule has 1 aliphatic carbocycles. The van der Waals surface area contributed by atoms with E-state index in [0.717, 1.165) is 18.4 Å². The monoisotopic (exact) mass is 275 g/mol. The number of benzene rings is 1. The molecule has 4 nitrogen and oxygen atoms in total. The summed E-state index contributed by atoms with van der Waals surface area (Å²) in [5.74, 6) is 0.568. The third-order valence-electron chi connectivity index (χ3n) is 3.22. The van der Waals surface area contributed by atoms with Gasteiger partial charge in [0.25, 0.3) is 0 Å². The Balaban J connectivity index is 2.01. The largest absolute Gasteiger partial charge is 0.464 e. The Hall–Kier alpha value is -1.68. The highest BCUT2D eigenvalue weighted by molar-refractivity contribution is 6.28. The Kier molecular flexibility index (Phi) is 3.34. The molecule has 0 atom stereocenters. The van der Waals surface area contributed by atoms with Crippen molar-refractivity contribution in [2.75, 3.05) is 6.61 Å². The van der Waals surface area contributed by atoms with Crippen molar-refractivity contribution in [1.29, 1.82) is 0 Å². The molecule has 2 aromatic rings. The number of ether oxygens (including phenoxy) is 1. The Labute approximate surface area is 116 Å². The van der Waals surface area contributed by atoms with Crippen LogP contribution in [0.3, 0.4) is 0 Å². The van der Waals surface area contributed by atoms with Gasteiger partial charge in [-0.25, -0.2) is 0 Å². The Morgan fingerprint density at radius 3 is 2.84 bits per heavy atom. The number of halogens is 1. The van der Waals surface area contributed by atoms with Gasteiger partial charge in [0.1, 0.15) is 0 Å². The first-order valence-electron chi connectivity index (χ1n) is 6.43. The molecule has 5 heteroatoms. The second-order valence-corrected chi connectivity index (χ2v) is 4.82. The van der Waals surface area contributed by atoms with E-state index >= 15 is 0 Å². The van der Waals surface area contributed by atoms with E-state index in [9.17, 15) is 0 Å². The van der Waals surface area contributed by atoms with Crippen molar-refractivity contribution in [3.63, 3.8) is 0 Å². The van der Waals surface area contributed by atoms with E-state index in [4.69, 9.17) is 16.3 Å². The van der Waals surface area contributed by atoms with Crippen LogP contribution in [0, 0.1) is 0 Å². The molecule has 1 aromatic heterocycles. The summed E-state index contributed by atoms with van der Waals surface area (Å²) in [5.41, 5.74) is 3.77. The minimum Gasteiger partial charge on any atom is -0.464 e. The van der Waals surface area contributed by atoms with Gasteiger partial charge in [-0.15, -0.1) is 0 Å². The van der Waals surface area contributed by atoms with E-state index in [2.05, 4.69) is 27.1 Å². The summed E-state index contributed by atoms with van der Waals surface area (Å²) in [6.07, 6.45) is 3.51. The van der Waals surface area contributed by atoms with Crippen LogP contribution in [0.1, 0.15) is 24.5 Å². The molecule has 0 fully saturated rings. The van der Waals surface area contributed by atoms with Crippen molar-refractivity contribution in [3.05, 3.63) is 34.6 Å². The summed E-state index contributed by atoms with van der Waals surface area (Å²) in [4.78, 5) is 12.4. The van der Waals surface area contributed by atoms with Crippen LogP contribution in [0.4, 0.5) is 0 Å². The third-order valence-corrected chi connectivity index (χ3v) is 3.39. The molecule has 0 saturated heterocycles. The van der Waals surface area contributed by atoms with Crippen LogP contribution in [0.5, 0.6) is 6.01 Å². The van der Waals surface area contributed by atoms with Crippen LogP contribution >= 0.6 is 11.6 Å². The molecule has 0 saturated carbocycles. The van der Waals surface area contributed by atoms with Gasteiger partial charge in [-0.05, 0) is 55.0 Å². The van der Waals surface area contributed by atoms with E-state index in [1.807, 2.05) is 13.0 Å². The van der Waals surface area contributed by atoms with Crippen LogP contribution in [-0.2, 0) is 12.8 Å². The fraction of sp³-hybridized carbons (Fsp3) is 0.357. The lowest BCUT2D eigenvalue weighted by Crippen LogP contribution is -2.01. The molecule has 0 bridgehead atoms. The molecule has 98 valence electrons. The fourth-order valence-corrected chi connectivity index (χ4v) is 2.52. The minimum absolute atomic E-state index is 0.161. The molecular formula is C14H14ClN3O. The topological polar surface area (TPSA) is 47.9 Å². The number of rotatable bonds is 3. The average molecular weight is 276 g/mol. The first kappa shape index (κ1) is 12.4. The molecule has 0 N–H and O–H groups in total. The van der Waals surface area contributed by atoms with Crippen LogP contribution in [-0.4, -0.2) is 21.6 Å². The van der Waals surface area contributed by atoms with Crippen molar-refractivity contribution in [2.24, 2.45) is 0 Å². The van der Waals surface area contributed by atoms with Crippen molar-refractivity contribution < 1.29 is 4.74 Å². The summed E-state index contributed by atoms with van der Waals surface area (Å²) in [7, 11) is 0. The number of hydrogen-bond donors (Lipinski definition) is 0. The predicted octanol–water partition coefficient (Wildman–Crippen LogP) is 3.08. The number of fused-ring (bicyclic) bond motifs is 1. The van der Waals surface area contributed by atoms with Crippen LogP contribution in [0.25, 0.3) is 11.4 Å². The standard InChI is InChI=1S/C14H14ClN3O/c1-2-19-14-17-12(16-13(15)18-14)11-7-6-9-4-3-5-10(9)8-11/h6-8H,2-5H2,1H3. The van der Waals surface area contributed by atoms with Gasteiger partial charge in [-0.1, -0.05) is 12.1 Å². The zero-order valence-electron chi connectivity index (χ0n) is 10.7. The normalized spacial score (nSPS) is 13.4. The van der Waals surface area contributed by atoms with Gasteiger partial charge >= 0.3 is 6.01 Å². The number of nitrogens with zero attached hydrogens (tertiary/aromatic N) is 3. The van der Waals surface area contributed by atoms with Gasteiger partial charge < -0.3 is 4.74 Å². The Morgan fingerprint density at radius 2 is 2.00 bits per heavy atom. The highest BCUT2D eigenvalue weighted by atomic mass is 35.5. The maximum Gasteiger partial charge on any atom is 0.321 e. The first-order valence-corrected chi connectivity index (χ1v) is 6.80. The van der Waals surface area contributed by atoms with E-state index < -0.39 is 0 Å². The number of hydrogen-bond acceptors (Lipinski definition) is 4. The van der Waals surface area contributed by atoms with E-state index in [1.54, 1.807) is 0 Å². The molecule has 0 unspecified atom stereocenters. The van der Waals surface area contributed by atoms with Gasteiger partial charge in [-0.2, -0.15) is 15.0 Å². The van der Waals surface area contributed by atoms with Crippen molar-refractivity contribution >= 4 is 11.6 Å². The Morgan fingerprint density at radius 1 is 1.16 bits per heavy atom. The fourth-order valence-electron chi connectivity index (χ4n) is 2.37. The molecule has 19 heavy (non-hydrogen) atoms. The maximum absolute atomic E-state index is 5.91. The van der Waals surface area contributed by atoms with Gasteiger partial charge in [-0.3, -0.25) is 0 Å². The maximum atomic E-state index is 5.91. The zero-order chi connectivity index (χ0) is 13.2. The summed E-state index contributed by atoms with van der Waals surface area (Å²) in [5, 5.41) is 0.161. The van der Waals surface area contributed by atoms with Crippen molar-refractivity contribution in [1.82, 2.24) is 15.0 Å². The second kappa shape index (κ2) is 5.13. The molecule has 0 spiro atoms. The summed E-state index contributed by atoms with van der Waals surface area (Å²) in [6, 6.07) is 6.60. The molecule has 0 aliphatic heterocycles. The minimum atomic E-state index is 0.161. The summed E-state index contributed by atoms with van der Waals surface area (Å²) < 4.78 is 5.29. The summed E-state index contributed by atoms with van der Waals surface area (Å²) >= 11 is 5.91. The number of aromatic nitrogens is 3. The lowest BCUT2D eigenvalue weighted by Gasteiger charge is -2.06. The first-order chi connectivity index (χ1) is 9.26. The Bertz CT molecular complexity index is 616. The van der Waals surface area contributed by atoms with E-state index in [0.29, 0.717) is 12.4 Å². The molecule has 1 aromatic carbocycles. The second-order valence-electron chi connectivity index (χ2n) is 4.48.